The maximum absolute atomic E-state index is 14.6. The van der Waals surface area contributed by atoms with Gasteiger partial charge in [-0.25, -0.2) is 14.4 Å². The predicted octanol–water partition coefficient (Wildman–Crippen LogP) is 4.15. The van der Waals surface area contributed by atoms with Crippen molar-refractivity contribution in [2.45, 2.75) is 12.7 Å². The van der Waals surface area contributed by atoms with Gasteiger partial charge in [-0.2, -0.15) is 13.2 Å². The third kappa shape index (κ3) is 5.08. The maximum Gasteiger partial charge on any atom is 0.433 e. The Balaban J connectivity index is 1.54. The Labute approximate surface area is 175 Å². The second-order valence-electron chi connectivity index (χ2n) is 6.93. The Kier molecular flexibility index (Phi) is 5.99. The molecule has 3 aromatic rings. The van der Waals surface area contributed by atoms with Crippen LogP contribution in [0, 0.1) is 5.82 Å². The van der Waals surface area contributed by atoms with E-state index in [1.165, 1.54) is 30.6 Å². The molecule has 1 fully saturated rings. The Morgan fingerprint density at radius 1 is 1.00 bits per heavy atom. The SMILES string of the molecule is Fc1cc(CNc2cc(C(F)(F)F)nc(-c3ccncc3)n2)ccc1N1CCOCC1. The summed E-state index contributed by atoms with van der Waals surface area (Å²) in [6.07, 6.45) is -1.73. The quantitative estimate of drug-likeness (QED) is 0.610. The van der Waals surface area contributed by atoms with E-state index in [4.69, 9.17) is 4.74 Å². The van der Waals surface area contributed by atoms with Crippen LogP contribution in [-0.4, -0.2) is 41.3 Å². The molecule has 1 aliphatic heterocycles. The molecule has 31 heavy (non-hydrogen) atoms. The lowest BCUT2D eigenvalue weighted by molar-refractivity contribution is -0.141. The zero-order valence-electron chi connectivity index (χ0n) is 16.4. The van der Waals surface area contributed by atoms with Gasteiger partial charge in [-0.3, -0.25) is 4.98 Å². The van der Waals surface area contributed by atoms with Crippen LogP contribution in [0.5, 0.6) is 0 Å². The summed E-state index contributed by atoms with van der Waals surface area (Å²) in [5.74, 6) is -0.474. The van der Waals surface area contributed by atoms with E-state index in [0.717, 1.165) is 6.07 Å². The first kappa shape index (κ1) is 21.0. The fourth-order valence-corrected chi connectivity index (χ4v) is 3.23. The van der Waals surface area contributed by atoms with Crippen molar-refractivity contribution in [1.82, 2.24) is 15.0 Å². The first-order valence-electron chi connectivity index (χ1n) is 9.62. The molecule has 162 valence electrons. The molecule has 0 unspecified atom stereocenters. The number of anilines is 2. The van der Waals surface area contributed by atoms with Crippen LogP contribution in [0.3, 0.4) is 0 Å². The second kappa shape index (κ2) is 8.84. The van der Waals surface area contributed by atoms with Crippen molar-refractivity contribution in [2.75, 3.05) is 36.5 Å². The maximum atomic E-state index is 14.6. The number of hydrogen-bond acceptors (Lipinski definition) is 6. The molecule has 0 spiro atoms. The number of alkyl halides is 3. The van der Waals surface area contributed by atoms with Gasteiger partial charge in [0.05, 0.1) is 18.9 Å². The highest BCUT2D eigenvalue weighted by molar-refractivity contribution is 5.57. The number of halogens is 4. The summed E-state index contributed by atoms with van der Waals surface area (Å²) >= 11 is 0. The number of rotatable bonds is 5. The summed E-state index contributed by atoms with van der Waals surface area (Å²) in [4.78, 5) is 13.6. The minimum atomic E-state index is -4.63. The summed E-state index contributed by atoms with van der Waals surface area (Å²) in [6.45, 7) is 2.39. The van der Waals surface area contributed by atoms with Crippen LogP contribution in [0.25, 0.3) is 11.4 Å². The van der Waals surface area contributed by atoms with Crippen molar-refractivity contribution in [3.8, 4) is 11.4 Å². The highest BCUT2D eigenvalue weighted by atomic mass is 19.4. The first-order chi connectivity index (χ1) is 14.9. The molecule has 2 aromatic heterocycles. The molecular weight excluding hydrogens is 414 g/mol. The van der Waals surface area contributed by atoms with Crippen molar-refractivity contribution in [3.63, 3.8) is 0 Å². The second-order valence-corrected chi connectivity index (χ2v) is 6.93. The third-order valence-electron chi connectivity index (χ3n) is 4.79. The number of pyridine rings is 1. The predicted molar refractivity (Wildman–Crippen MR) is 107 cm³/mol. The lowest BCUT2D eigenvalue weighted by atomic mass is 10.1. The minimum absolute atomic E-state index is 0.00759. The van der Waals surface area contributed by atoms with E-state index in [0.29, 0.717) is 43.1 Å². The molecule has 3 heterocycles. The number of nitrogens with one attached hydrogen (secondary N) is 1. The van der Waals surface area contributed by atoms with Crippen LogP contribution in [0.4, 0.5) is 29.1 Å². The smallest absolute Gasteiger partial charge is 0.378 e. The van der Waals surface area contributed by atoms with Crippen LogP contribution >= 0.6 is 0 Å². The average molecular weight is 433 g/mol. The van der Waals surface area contributed by atoms with Crippen LogP contribution in [0.1, 0.15) is 11.3 Å². The third-order valence-corrected chi connectivity index (χ3v) is 4.79. The summed E-state index contributed by atoms with van der Waals surface area (Å²) in [5.41, 5.74) is 0.399. The lowest BCUT2D eigenvalue weighted by Gasteiger charge is -2.29. The molecule has 0 atom stereocenters. The van der Waals surface area contributed by atoms with Crippen molar-refractivity contribution >= 4 is 11.5 Å². The molecule has 0 amide bonds. The molecule has 0 aliphatic carbocycles. The van der Waals surface area contributed by atoms with Gasteiger partial charge in [-0.05, 0) is 29.8 Å². The van der Waals surface area contributed by atoms with Gasteiger partial charge >= 0.3 is 6.18 Å². The Bertz CT molecular complexity index is 1040. The topological polar surface area (TPSA) is 63.2 Å². The minimum Gasteiger partial charge on any atom is -0.378 e. The molecule has 0 radical (unpaired) electrons. The van der Waals surface area contributed by atoms with Crippen molar-refractivity contribution in [3.05, 3.63) is 65.9 Å². The van der Waals surface area contributed by atoms with Gasteiger partial charge in [0.15, 0.2) is 11.5 Å². The van der Waals surface area contributed by atoms with Gasteiger partial charge in [-0.15, -0.1) is 0 Å². The molecule has 1 aromatic carbocycles. The van der Waals surface area contributed by atoms with Crippen molar-refractivity contribution < 1.29 is 22.3 Å². The van der Waals surface area contributed by atoms with Crippen LogP contribution in [0.2, 0.25) is 0 Å². The highest BCUT2D eigenvalue weighted by Gasteiger charge is 2.33. The van der Waals surface area contributed by atoms with E-state index in [2.05, 4.69) is 20.3 Å². The molecule has 4 rings (SSSR count). The van der Waals surface area contributed by atoms with Crippen LogP contribution in [-0.2, 0) is 17.5 Å². The van der Waals surface area contributed by atoms with E-state index in [1.54, 1.807) is 12.1 Å². The largest absolute Gasteiger partial charge is 0.433 e. The van der Waals surface area contributed by atoms with Gasteiger partial charge < -0.3 is 15.0 Å². The number of nitrogens with zero attached hydrogens (tertiary/aromatic N) is 4. The monoisotopic (exact) mass is 433 g/mol. The Morgan fingerprint density at radius 2 is 1.74 bits per heavy atom. The standard InChI is InChI=1S/C21H19F4N5O/c22-16-11-14(1-2-17(16)30-7-9-31-10-8-30)13-27-19-12-18(21(23,24)25)28-20(29-19)15-3-5-26-6-4-15/h1-6,11-12H,7-10,13H2,(H,27,28,29). The molecular formula is C21H19F4N5O. The zero-order valence-corrected chi connectivity index (χ0v) is 16.4. The van der Waals surface area contributed by atoms with Crippen molar-refractivity contribution in [2.24, 2.45) is 0 Å². The first-order valence-corrected chi connectivity index (χ1v) is 9.62. The van der Waals surface area contributed by atoms with Crippen LogP contribution < -0.4 is 10.2 Å². The average Bonchev–Trinajstić information content (AvgIpc) is 2.78. The number of hydrogen-bond donors (Lipinski definition) is 1. The van der Waals surface area contributed by atoms with Crippen LogP contribution in [0.15, 0.2) is 48.8 Å². The number of benzene rings is 1. The molecule has 1 aliphatic rings. The number of ether oxygens (including phenoxy) is 1. The summed E-state index contributed by atoms with van der Waals surface area (Å²) in [7, 11) is 0. The summed E-state index contributed by atoms with van der Waals surface area (Å²) < 4.78 is 59.8. The molecule has 0 saturated carbocycles. The van der Waals surface area contributed by atoms with E-state index < -0.39 is 17.7 Å². The molecule has 10 heteroatoms. The molecule has 1 N–H and O–H groups in total. The zero-order chi connectivity index (χ0) is 21.8. The Morgan fingerprint density at radius 3 is 2.42 bits per heavy atom. The van der Waals surface area contributed by atoms with Gasteiger partial charge in [0.25, 0.3) is 0 Å². The molecule has 1 saturated heterocycles. The summed E-state index contributed by atoms with van der Waals surface area (Å²) in [5, 5.41) is 2.84. The van der Waals surface area contributed by atoms with E-state index in [1.807, 2.05) is 4.90 Å². The fraction of sp³-hybridized carbons (Fsp3) is 0.286. The molecule has 0 bridgehead atoms. The molecule has 6 nitrogen and oxygen atoms in total. The van der Waals surface area contributed by atoms with E-state index >= 15 is 0 Å². The van der Waals surface area contributed by atoms with Gasteiger partial charge in [0, 0.05) is 43.7 Å². The summed E-state index contributed by atoms with van der Waals surface area (Å²) in [6, 6.07) is 8.66. The highest BCUT2D eigenvalue weighted by Crippen LogP contribution is 2.31. The normalized spacial score (nSPS) is 14.5. The van der Waals surface area contributed by atoms with Crippen molar-refractivity contribution in [1.29, 1.82) is 0 Å². The van der Waals surface area contributed by atoms with Gasteiger partial charge in [0.1, 0.15) is 11.6 Å². The van der Waals surface area contributed by atoms with E-state index in [-0.39, 0.29) is 18.2 Å². The lowest BCUT2D eigenvalue weighted by Crippen LogP contribution is -2.36. The van der Waals surface area contributed by atoms with Gasteiger partial charge in [0.2, 0.25) is 0 Å². The Hall–Kier alpha value is -3.27. The fourth-order valence-electron chi connectivity index (χ4n) is 3.23. The number of morpholine rings is 1. The number of aromatic nitrogens is 3. The van der Waals surface area contributed by atoms with Gasteiger partial charge in [-0.1, -0.05) is 6.07 Å². The van der Waals surface area contributed by atoms with E-state index in [9.17, 15) is 17.6 Å².